The maximum atomic E-state index is 13.8. The predicted molar refractivity (Wildman–Crippen MR) is 130 cm³/mol. The molecule has 0 saturated heterocycles. The van der Waals surface area contributed by atoms with E-state index >= 15 is 0 Å². The number of halogens is 2. The number of hydrogen-bond acceptors (Lipinski definition) is 6. The minimum absolute atomic E-state index is 0.140. The summed E-state index contributed by atoms with van der Waals surface area (Å²) in [5.74, 6) is -0.365. The lowest BCUT2D eigenvalue weighted by Gasteiger charge is -2.10. The number of aromatic nitrogens is 3. The quantitative estimate of drug-likeness (QED) is 0.321. The molecule has 0 saturated carbocycles. The summed E-state index contributed by atoms with van der Waals surface area (Å²) in [7, 11) is 3.16. The average molecular weight is 495 g/mol. The van der Waals surface area contributed by atoms with Gasteiger partial charge >= 0.3 is 12.0 Å². The van der Waals surface area contributed by atoms with E-state index in [-0.39, 0.29) is 18.3 Å². The highest BCUT2D eigenvalue weighted by Gasteiger charge is 2.16. The van der Waals surface area contributed by atoms with Crippen molar-refractivity contribution in [2.45, 2.75) is 0 Å². The number of rotatable bonds is 9. The molecule has 0 aliphatic heterocycles. The minimum atomic E-state index is -0.874. The number of urea groups is 1. The second-order valence-corrected chi connectivity index (χ2v) is 7.45. The lowest BCUT2D eigenvalue weighted by Crippen LogP contribution is -2.20. The monoisotopic (exact) mass is 495 g/mol. The highest BCUT2D eigenvalue weighted by molar-refractivity contribution is 5.99. The van der Waals surface area contributed by atoms with Crippen LogP contribution in [0.1, 0.15) is 0 Å². The first-order valence-electron chi connectivity index (χ1n) is 10.8. The number of amides is 2. The van der Waals surface area contributed by atoms with Gasteiger partial charge in [-0.15, -0.1) is 5.10 Å². The molecule has 0 aliphatic carbocycles. The van der Waals surface area contributed by atoms with Gasteiger partial charge < -0.3 is 24.8 Å². The van der Waals surface area contributed by atoms with Crippen LogP contribution in [0.2, 0.25) is 0 Å². The van der Waals surface area contributed by atoms with E-state index in [2.05, 4.69) is 20.7 Å². The Labute approximate surface area is 205 Å². The fourth-order valence-electron chi connectivity index (χ4n) is 3.24. The molecule has 1 heterocycles. The Hall–Kier alpha value is -4.51. The van der Waals surface area contributed by atoms with E-state index in [0.717, 1.165) is 17.7 Å². The number of nitrogens with one attached hydrogen (secondary N) is 2. The van der Waals surface area contributed by atoms with Crippen molar-refractivity contribution in [2.75, 3.05) is 38.1 Å². The van der Waals surface area contributed by atoms with Gasteiger partial charge in [0.15, 0.2) is 5.82 Å². The summed E-state index contributed by atoms with van der Waals surface area (Å²) in [4.78, 5) is 16.8. The lowest BCUT2D eigenvalue weighted by atomic mass is 10.2. The number of methoxy groups -OCH3 is 2. The van der Waals surface area contributed by atoms with Gasteiger partial charge in [0.25, 0.3) is 0 Å². The first-order chi connectivity index (χ1) is 17.5. The maximum Gasteiger partial charge on any atom is 0.336 e. The molecule has 0 unspecified atom stereocenters. The summed E-state index contributed by atoms with van der Waals surface area (Å²) in [5, 5.41) is 9.40. The van der Waals surface area contributed by atoms with E-state index < -0.39 is 17.7 Å². The van der Waals surface area contributed by atoms with Gasteiger partial charge in [0.2, 0.25) is 0 Å². The smallest absolute Gasteiger partial charge is 0.336 e. The highest BCUT2D eigenvalue weighted by Crippen LogP contribution is 2.26. The first-order valence-corrected chi connectivity index (χ1v) is 10.8. The molecule has 36 heavy (non-hydrogen) atoms. The SMILES string of the molecule is COCCOc1nc(-c2ccc(OC)cc2)n(-c2ccc(NC(=O)Nc3ccc(F)cc3F)cc2)n1. The number of nitrogens with zero attached hydrogens (tertiary/aromatic N) is 3. The molecule has 11 heteroatoms. The van der Waals surface area contributed by atoms with Gasteiger partial charge in [-0.3, -0.25) is 0 Å². The third-order valence-corrected chi connectivity index (χ3v) is 5.00. The summed E-state index contributed by atoms with van der Waals surface area (Å²) < 4.78 is 44.3. The molecular weight excluding hydrogens is 472 g/mol. The second kappa shape index (κ2) is 11.3. The molecule has 4 aromatic rings. The molecule has 186 valence electrons. The summed E-state index contributed by atoms with van der Waals surface area (Å²) in [6.45, 7) is 0.672. The summed E-state index contributed by atoms with van der Waals surface area (Å²) in [6.07, 6.45) is 0. The minimum Gasteiger partial charge on any atom is -0.497 e. The normalized spacial score (nSPS) is 10.7. The summed E-state index contributed by atoms with van der Waals surface area (Å²) in [5.41, 5.74) is 1.75. The Balaban J connectivity index is 1.53. The highest BCUT2D eigenvalue weighted by atomic mass is 19.1. The number of ether oxygens (including phenoxy) is 3. The third-order valence-electron chi connectivity index (χ3n) is 5.00. The molecule has 4 rings (SSSR count). The average Bonchev–Trinajstić information content (AvgIpc) is 3.30. The van der Waals surface area contributed by atoms with Gasteiger partial charge in [-0.2, -0.15) is 4.98 Å². The Morgan fingerprint density at radius 2 is 1.69 bits per heavy atom. The molecule has 9 nitrogen and oxygen atoms in total. The van der Waals surface area contributed by atoms with Crippen LogP contribution in [0.15, 0.2) is 66.7 Å². The van der Waals surface area contributed by atoms with Crippen molar-refractivity contribution in [3.63, 3.8) is 0 Å². The van der Waals surface area contributed by atoms with Crippen LogP contribution in [0.3, 0.4) is 0 Å². The fourth-order valence-corrected chi connectivity index (χ4v) is 3.24. The zero-order chi connectivity index (χ0) is 25.5. The number of carbonyl (C=O) groups is 1. The van der Waals surface area contributed by atoms with Crippen molar-refractivity contribution in [3.05, 3.63) is 78.4 Å². The topological polar surface area (TPSA) is 99.5 Å². The van der Waals surface area contributed by atoms with Crippen LogP contribution in [-0.2, 0) is 4.74 Å². The Bertz CT molecular complexity index is 1330. The molecule has 0 aliphatic rings. The number of anilines is 2. The van der Waals surface area contributed by atoms with E-state index in [4.69, 9.17) is 14.2 Å². The lowest BCUT2D eigenvalue weighted by molar-refractivity contribution is 0.141. The number of hydrogen-bond donors (Lipinski definition) is 2. The van der Waals surface area contributed by atoms with Crippen molar-refractivity contribution in [1.82, 2.24) is 14.8 Å². The van der Waals surface area contributed by atoms with Crippen LogP contribution in [0.25, 0.3) is 17.1 Å². The standard InChI is InChI=1S/C25H23F2N5O4/c1-34-13-14-36-25-30-23(16-3-10-20(35-2)11-4-16)32(31-25)19-8-6-18(7-9-19)28-24(33)29-22-12-5-17(26)15-21(22)27/h3-12,15H,13-14H2,1-2H3,(H2,28,29,33). The number of benzene rings is 3. The Morgan fingerprint density at radius 1 is 0.944 bits per heavy atom. The Morgan fingerprint density at radius 3 is 2.36 bits per heavy atom. The third kappa shape index (κ3) is 5.94. The van der Waals surface area contributed by atoms with Gasteiger partial charge in [0.05, 0.1) is 25.1 Å². The Kier molecular flexibility index (Phi) is 7.71. The van der Waals surface area contributed by atoms with Gasteiger partial charge in [0.1, 0.15) is 24.0 Å². The maximum absolute atomic E-state index is 13.8. The fraction of sp³-hybridized carbons (Fsp3) is 0.160. The molecule has 0 bridgehead atoms. The van der Waals surface area contributed by atoms with Gasteiger partial charge in [-0.25, -0.2) is 18.3 Å². The van der Waals surface area contributed by atoms with E-state index in [9.17, 15) is 13.6 Å². The van der Waals surface area contributed by atoms with Crippen molar-refractivity contribution in [1.29, 1.82) is 0 Å². The van der Waals surface area contributed by atoms with E-state index in [1.54, 1.807) is 43.2 Å². The summed E-state index contributed by atoms with van der Waals surface area (Å²) >= 11 is 0. The first kappa shape index (κ1) is 24.6. The molecule has 1 aromatic heterocycles. The molecule has 0 spiro atoms. The molecule has 3 aromatic carbocycles. The van der Waals surface area contributed by atoms with E-state index in [1.165, 1.54) is 0 Å². The van der Waals surface area contributed by atoms with Crippen LogP contribution in [0.4, 0.5) is 25.0 Å². The van der Waals surface area contributed by atoms with Gasteiger partial charge in [-0.1, -0.05) is 0 Å². The van der Waals surface area contributed by atoms with Crippen molar-refractivity contribution in [2.24, 2.45) is 0 Å². The second-order valence-electron chi connectivity index (χ2n) is 7.45. The summed E-state index contributed by atoms with van der Waals surface area (Å²) in [6, 6.07) is 16.5. The number of carbonyl (C=O) groups excluding carboxylic acids is 1. The van der Waals surface area contributed by atoms with Crippen molar-refractivity contribution in [3.8, 4) is 28.8 Å². The molecule has 2 amide bonds. The predicted octanol–water partition coefficient (Wildman–Crippen LogP) is 4.89. The van der Waals surface area contributed by atoms with Crippen LogP contribution in [-0.4, -0.2) is 48.2 Å². The van der Waals surface area contributed by atoms with Gasteiger partial charge in [-0.05, 0) is 60.7 Å². The van der Waals surface area contributed by atoms with E-state index in [0.29, 0.717) is 35.6 Å². The van der Waals surface area contributed by atoms with Gasteiger partial charge in [0, 0.05) is 24.4 Å². The molecule has 0 radical (unpaired) electrons. The van der Waals surface area contributed by atoms with Crippen molar-refractivity contribution < 1.29 is 27.8 Å². The molecular formula is C25H23F2N5O4. The largest absolute Gasteiger partial charge is 0.497 e. The van der Waals surface area contributed by atoms with Crippen LogP contribution in [0, 0.1) is 11.6 Å². The zero-order valence-corrected chi connectivity index (χ0v) is 19.5. The molecule has 2 N–H and O–H groups in total. The molecule has 0 atom stereocenters. The zero-order valence-electron chi connectivity index (χ0n) is 19.5. The van der Waals surface area contributed by atoms with Crippen LogP contribution in [0.5, 0.6) is 11.8 Å². The van der Waals surface area contributed by atoms with E-state index in [1.807, 2.05) is 24.3 Å². The van der Waals surface area contributed by atoms with Crippen molar-refractivity contribution >= 4 is 17.4 Å². The molecule has 0 fully saturated rings. The van der Waals surface area contributed by atoms with Crippen LogP contribution >= 0.6 is 0 Å². The van der Waals surface area contributed by atoms with Crippen LogP contribution < -0.4 is 20.1 Å².